The lowest BCUT2D eigenvalue weighted by Crippen LogP contribution is -1.99. The van der Waals surface area contributed by atoms with Gasteiger partial charge in [0.1, 0.15) is 0 Å². The Kier molecular flexibility index (Phi) is 10.2. The zero-order valence-electron chi connectivity index (χ0n) is 11.3. The molecule has 0 saturated carbocycles. The van der Waals surface area contributed by atoms with E-state index in [0.717, 1.165) is 18.8 Å². The van der Waals surface area contributed by atoms with Crippen LogP contribution in [-0.2, 0) is 0 Å². The first-order valence-corrected chi connectivity index (χ1v) is 6.68. The van der Waals surface area contributed by atoms with Gasteiger partial charge in [-0.05, 0) is 44.9 Å². The first-order chi connectivity index (χ1) is 7.78. The lowest BCUT2D eigenvalue weighted by molar-refractivity contribution is 0.504. The maximum Gasteiger partial charge on any atom is -0.0286 e. The summed E-state index contributed by atoms with van der Waals surface area (Å²) in [6.07, 6.45) is 16.1. The van der Waals surface area contributed by atoms with Crippen LogP contribution in [0.1, 0.15) is 59.3 Å². The topological polar surface area (TPSA) is 0 Å². The smallest absolute Gasteiger partial charge is 0.0286 e. The summed E-state index contributed by atoms with van der Waals surface area (Å²) in [5.74, 6) is 0.791. The predicted octanol–water partition coefficient (Wildman–Crippen LogP) is 5.67. The van der Waals surface area contributed by atoms with Crippen LogP contribution in [-0.4, -0.2) is 0 Å². The fourth-order valence-corrected chi connectivity index (χ4v) is 1.92. The van der Waals surface area contributed by atoms with Gasteiger partial charge in [0.15, 0.2) is 0 Å². The molecule has 1 unspecified atom stereocenters. The summed E-state index contributed by atoms with van der Waals surface area (Å²) in [5, 5.41) is 0. The van der Waals surface area contributed by atoms with E-state index in [9.17, 15) is 0 Å². The second-order valence-electron chi connectivity index (χ2n) is 4.37. The molecule has 0 aliphatic carbocycles. The van der Waals surface area contributed by atoms with Crippen molar-refractivity contribution in [3.05, 3.63) is 36.5 Å². The summed E-state index contributed by atoms with van der Waals surface area (Å²) >= 11 is 0. The van der Waals surface area contributed by atoms with Crippen LogP contribution in [0.5, 0.6) is 0 Å². The summed E-state index contributed by atoms with van der Waals surface area (Å²) < 4.78 is 0. The highest BCUT2D eigenvalue weighted by atomic mass is 14.1. The van der Waals surface area contributed by atoms with Gasteiger partial charge < -0.3 is 0 Å². The van der Waals surface area contributed by atoms with Crippen molar-refractivity contribution in [2.45, 2.75) is 59.3 Å². The molecule has 16 heavy (non-hydrogen) atoms. The zero-order valence-corrected chi connectivity index (χ0v) is 11.3. The minimum absolute atomic E-state index is 0.791. The van der Waals surface area contributed by atoms with Crippen molar-refractivity contribution < 1.29 is 0 Å². The molecule has 0 fully saturated rings. The average molecular weight is 220 g/mol. The number of hydrogen-bond donors (Lipinski definition) is 0. The van der Waals surface area contributed by atoms with Crippen LogP contribution in [0, 0.1) is 5.92 Å². The molecule has 0 rings (SSSR count). The molecule has 0 amide bonds. The third kappa shape index (κ3) is 7.50. The average Bonchev–Trinajstić information content (AvgIpc) is 2.31. The Hall–Kier alpha value is -0.780. The van der Waals surface area contributed by atoms with Crippen molar-refractivity contribution in [1.82, 2.24) is 0 Å². The van der Waals surface area contributed by atoms with Crippen LogP contribution in [0.25, 0.3) is 0 Å². The van der Waals surface area contributed by atoms with Crippen LogP contribution in [0.3, 0.4) is 0 Å². The molecule has 0 heteroatoms. The van der Waals surface area contributed by atoms with E-state index in [4.69, 9.17) is 0 Å². The molecule has 1 atom stereocenters. The van der Waals surface area contributed by atoms with Gasteiger partial charge in [0.05, 0.1) is 0 Å². The van der Waals surface area contributed by atoms with Crippen LogP contribution in [0.15, 0.2) is 36.5 Å². The number of rotatable bonds is 9. The maximum absolute atomic E-state index is 3.84. The molecule has 0 nitrogen and oxygen atoms in total. The minimum atomic E-state index is 0.791. The van der Waals surface area contributed by atoms with Gasteiger partial charge in [-0.1, -0.05) is 50.1 Å². The lowest BCUT2D eigenvalue weighted by atomic mass is 9.91. The largest absolute Gasteiger partial charge is 0.103 e. The quantitative estimate of drug-likeness (QED) is 0.439. The van der Waals surface area contributed by atoms with E-state index in [-0.39, 0.29) is 0 Å². The molecule has 92 valence electrons. The van der Waals surface area contributed by atoms with Gasteiger partial charge in [-0.3, -0.25) is 0 Å². The van der Waals surface area contributed by atoms with Crippen molar-refractivity contribution in [1.29, 1.82) is 0 Å². The molecule has 0 spiro atoms. The Morgan fingerprint density at radius 1 is 1.25 bits per heavy atom. The Bertz CT molecular complexity index is 220. The maximum atomic E-state index is 3.84. The van der Waals surface area contributed by atoms with Gasteiger partial charge >= 0.3 is 0 Å². The van der Waals surface area contributed by atoms with Crippen molar-refractivity contribution in [2.75, 3.05) is 0 Å². The molecule has 0 bridgehead atoms. The van der Waals surface area contributed by atoms with Gasteiger partial charge in [-0.15, -0.1) is 6.58 Å². The summed E-state index contributed by atoms with van der Waals surface area (Å²) in [6.45, 7) is 10.5. The van der Waals surface area contributed by atoms with Crippen molar-refractivity contribution in [3.8, 4) is 0 Å². The fourth-order valence-electron chi connectivity index (χ4n) is 1.92. The van der Waals surface area contributed by atoms with Gasteiger partial charge in [0.25, 0.3) is 0 Å². The molecule has 0 aromatic rings. The fraction of sp³-hybridized carbons (Fsp3) is 0.625. The van der Waals surface area contributed by atoms with E-state index in [1.807, 2.05) is 0 Å². The van der Waals surface area contributed by atoms with Crippen LogP contribution < -0.4 is 0 Å². The normalized spacial score (nSPS) is 14.3. The zero-order chi connectivity index (χ0) is 12.2. The molecule has 0 aliphatic heterocycles. The molecule has 0 heterocycles. The molecule has 0 aromatic heterocycles. The van der Waals surface area contributed by atoms with Crippen molar-refractivity contribution in [3.63, 3.8) is 0 Å². The third-order valence-corrected chi connectivity index (χ3v) is 3.07. The van der Waals surface area contributed by atoms with E-state index < -0.39 is 0 Å². The first kappa shape index (κ1) is 15.2. The van der Waals surface area contributed by atoms with Crippen LogP contribution in [0.2, 0.25) is 0 Å². The molecule has 0 radical (unpaired) electrons. The predicted molar refractivity (Wildman–Crippen MR) is 75.6 cm³/mol. The van der Waals surface area contributed by atoms with Gasteiger partial charge in [0.2, 0.25) is 0 Å². The molecule has 0 N–H and O–H groups in total. The highest BCUT2D eigenvalue weighted by molar-refractivity contribution is 5.03. The highest BCUT2D eigenvalue weighted by Crippen LogP contribution is 2.22. The van der Waals surface area contributed by atoms with E-state index in [1.54, 1.807) is 5.57 Å². The third-order valence-electron chi connectivity index (χ3n) is 3.07. The SMILES string of the molecule is C=CCC(CC)CC(=CC)CCC=CCC. The first-order valence-electron chi connectivity index (χ1n) is 6.68. The van der Waals surface area contributed by atoms with Crippen molar-refractivity contribution in [2.24, 2.45) is 5.92 Å². The Labute approximate surface area is 102 Å². The monoisotopic (exact) mass is 220 g/mol. The van der Waals surface area contributed by atoms with E-state index in [1.165, 1.54) is 25.7 Å². The number of allylic oxidation sites excluding steroid dienone is 5. The molecule has 0 aliphatic rings. The second-order valence-corrected chi connectivity index (χ2v) is 4.37. The van der Waals surface area contributed by atoms with Crippen LogP contribution in [0.4, 0.5) is 0 Å². The van der Waals surface area contributed by atoms with Gasteiger partial charge in [0, 0.05) is 0 Å². The number of hydrogen-bond acceptors (Lipinski definition) is 0. The molecular formula is C16H28. The molecule has 0 saturated heterocycles. The van der Waals surface area contributed by atoms with Gasteiger partial charge in [-0.2, -0.15) is 0 Å². The lowest BCUT2D eigenvalue weighted by Gasteiger charge is -2.14. The summed E-state index contributed by atoms with van der Waals surface area (Å²) in [4.78, 5) is 0. The van der Waals surface area contributed by atoms with E-state index in [2.05, 4.69) is 51.7 Å². The second kappa shape index (κ2) is 10.7. The summed E-state index contributed by atoms with van der Waals surface area (Å²) in [5.41, 5.74) is 1.61. The Morgan fingerprint density at radius 3 is 2.50 bits per heavy atom. The highest BCUT2D eigenvalue weighted by Gasteiger charge is 2.06. The summed E-state index contributed by atoms with van der Waals surface area (Å²) in [6, 6.07) is 0. The Balaban J connectivity index is 3.99. The van der Waals surface area contributed by atoms with E-state index in [0.29, 0.717) is 0 Å². The molecular weight excluding hydrogens is 192 g/mol. The standard InChI is InChI=1S/C16H28/c1-5-9-10-11-13-16(8-4)14-15(7-3)12-6-2/h6,8-10,15H,2,5,7,11-14H2,1,3-4H3. The van der Waals surface area contributed by atoms with Crippen LogP contribution >= 0.6 is 0 Å². The van der Waals surface area contributed by atoms with E-state index >= 15 is 0 Å². The van der Waals surface area contributed by atoms with Gasteiger partial charge in [-0.25, -0.2) is 0 Å². The van der Waals surface area contributed by atoms with Crippen molar-refractivity contribution >= 4 is 0 Å². The summed E-state index contributed by atoms with van der Waals surface area (Å²) in [7, 11) is 0. The minimum Gasteiger partial charge on any atom is -0.103 e. The molecule has 0 aromatic carbocycles. The Morgan fingerprint density at radius 2 is 2.00 bits per heavy atom.